The summed E-state index contributed by atoms with van der Waals surface area (Å²) < 4.78 is 5.05. The molecule has 1 aliphatic rings. The number of nitrogens with zero attached hydrogens (tertiary/aromatic N) is 3. The molecule has 0 unspecified atom stereocenters. The minimum atomic E-state index is -0.235. The molecule has 2 N–H and O–H groups in total. The van der Waals surface area contributed by atoms with Crippen LogP contribution in [-0.2, 0) is 4.74 Å². The van der Waals surface area contributed by atoms with Gasteiger partial charge in [-0.2, -0.15) is 4.98 Å². The van der Waals surface area contributed by atoms with E-state index in [0.29, 0.717) is 30.7 Å². The molecule has 1 aromatic heterocycles. The Balaban J connectivity index is 1.58. The third kappa shape index (κ3) is 5.01. The molecule has 0 saturated carbocycles. The lowest BCUT2D eigenvalue weighted by Gasteiger charge is -2.31. The van der Waals surface area contributed by atoms with E-state index in [9.17, 15) is 4.79 Å². The average Bonchev–Trinajstić information content (AvgIpc) is 2.67. The summed E-state index contributed by atoms with van der Waals surface area (Å²) in [5.74, 6) is 1.26. The zero-order chi connectivity index (χ0) is 19.2. The number of nitrogens with one attached hydrogen (secondary N) is 2. The van der Waals surface area contributed by atoms with Crippen molar-refractivity contribution in [1.82, 2.24) is 14.9 Å². The van der Waals surface area contributed by atoms with Gasteiger partial charge in [-0.1, -0.05) is 17.7 Å². The van der Waals surface area contributed by atoms with Crippen LogP contribution < -0.4 is 10.6 Å². The maximum atomic E-state index is 11.8. The van der Waals surface area contributed by atoms with Gasteiger partial charge in [0.2, 0.25) is 5.95 Å². The number of halogens is 1. The van der Waals surface area contributed by atoms with Crippen LogP contribution in [0.1, 0.15) is 25.3 Å². The summed E-state index contributed by atoms with van der Waals surface area (Å²) in [5.41, 5.74) is 1.83. The zero-order valence-electron chi connectivity index (χ0n) is 15.5. The van der Waals surface area contributed by atoms with Gasteiger partial charge >= 0.3 is 6.09 Å². The number of piperidine rings is 1. The molecule has 1 aliphatic heterocycles. The summed E-state index contributed by atoms with van der Waals surface area (Å²) in [6.07, 6.45) is 3.17. The van der Waals surface area contributed by atoms with Crippen molar-refractivity contribution in [2.24, 2.45) is 0 Å². The van der Waals surface area contributed by atoms with Crippen molar-refractivity contribution in [1.29, 1.82) is 0 Å². The molecular weight excluding hydrogens is 366 g/mol. The molecule has 144 valence electrons. The molecule has 0 radical (unpaired) electrons. The largest absolute Gasteiger partial charge is 0.450 e. The van der Waals surface area contributed by atoms with Crippen LogP contribution in [0.2, 0.25) is 5.02 Å². The van der Waals surface area contributed by atoms with Crippen molar-refractivity contribution < 1.29 is 9.53 Å². The van der Waals surface area contributed by atoms with Crippen LogP contribution in [0.15, 0.2) is 30.5 Å². The van der Waals surface area contributed by atoms with Gasteiger partial charge in [-0.3, -0.25) is 0 Å². The standard InChI is InChI=1S/C19H24ClN5O2/c1-3-27-19(26)25-11-8-14(9-12-25)22-17-7-10-21-18(24-17)23-16-6-4-5-15(20)13(16)2/h4-7,10,14H,3,8-9,11-12H2,1-2H3,(H2,21,22,23,24). The van der Waals surface area contributed by atoms with E-state index in [1.54, 1.807) is 11.1 Å². The number of aromatic nitrogens is 2. The van der Waals surface area contributed by atoms with Crippen molar-refractivity contribution in [3.05, 3.63) is 41.0 Å². The highest BCUT2D eigenvalue weighted by atomic mass is 35.5. The van der Waals surface area contributed by atoms with Crippen molar-refractivity contribution in [2.75, 3.05) is 30.3 Å². The van der Waals surface area contributed by atoms with E-state index in [4.69, 9.17) is 16.3 Å². The van der Waals surface area contributed by atoms with Crippen LogP contribution in [0.5, 0.6) is 0 Å². The number of hydrogen-bond donors (Lipinski definition) is 2. The van der Waals surface area contributed by atoms with E-state index in [0.717, 1.165) is 29.9 Å². The molecule has 0 aliphatic carbocycles. The topological polar surface area (TPSA) is 79.4 Å². The first-order valence-corrected chi connectivity index (χ1v) is 9.48. The predicted molar refractivity (Wildman–Crippen MR) is 107 cm³/mol. The summed E-state index contributed by atoms with van der Waals surface area (Å²) >= 11 is 6.16. The molecule has 3 rings (SSSR count). The normalized spacial score (nSPS) is 14.7. The third-order valence-electron chi connectivity index (χ3n) is 4.54. The average molecular weight is 390 g/mol. The third-order valence-corrected chi connectivity index (χ3v) is 4.95. The summed E-state index contributed by atoms with van der Waals surface area (Å²) in [7, 11) is 0. The van der Waals surface area contributed by atoms with E-state index < -0.39 is 0 Å². The summed E-state index contributed by atoms with van der Waals surface area (Å²) in [5, 5.41) is 7.34. The van der Waals surface area contributed by atoms with Crippen molar-refractivity contribution in [2.45, 2.75) is 32.7 Å². The first-order valence-electron chi connectivity index (χ1n) is 9.10. The monoisotopic (exact) mass is 389 g/mol. The second kappa shape index (κ2) is 8.90. The van der Waals surface area contributed by atoms with Crippen LogP contribution in [0, 0.1) is 6.92 Å². The number of anilines is 3. The van der Waals surface area contributed by atoms with Crippen LogP contribution in [0.25, 0.3) is 0 Å². The molecule has 8 heteroatoms. The number of rotatable bonds is 5. The molecule has 2 aromatic rings. The van der Waals surface area contributed by atoms with E-state index in [-0.39, 0.29) is 12.1 Å². The smallest absolute Gasteiger partial charge is 0.409 e. The molecule has 27 heavy (non-hydrogen) atoms. The molecule has 0 spiro atoms. The Morgan fingerprint density at radius 1 is 1.33 bits per heavy atom. The fourth-order valence-corrected chi connectivity index (χ4v) is 3.17. The zero-order valence-corrected chi connectivity index (χ0v) is 16.3. The van der Waals surface area contributed by atoms with E-state index in [1.165, 1.54) is 0 Å². The second-order valence-electron chi connectivity index (χ2n) is 6.41. The molecule has 1 fully saturated rings. The lowest BCUT2D eigenvalue weighted by Crippen LogP contribution is -2.42. The van der Waals surface area contributed by atoms with Gasteiger partial charge in [-0.25, -0.2) is 9.78 Å². The molecule has 7 nitrogen and oxygen atoms in total. The predicted octanol–water partition coefficient (Wildman–Crippen LogP) is 4.21. The first-order chi connectivity index (χ1) is 13.1. The van der Waals surface area contributed by atoms with Crippen molar-refractivity contribution in [3.8, 4) is 0 Å². The van der Waals surface area contributed by atoms with Gasteiger partial charge in [0.1, 0.15) is 5.82 Å². The van der Waals surface area contributed by atoms with Crippen molar-refractivity contribution in [3.63, 3.8) is 0 Å². The van der Waals surface area contributed by atoms with Gasteiger partial charge in [-0.15, -0.1) is 0 Å². The fourth-order valence-electron chi connectivity index (χ4n) is 2.99. The summed E-state index contributed by atoms with van der Waals surface area (Å²) in [6, 6.07) is 7.77. The number of carbonyl (C=O) groups is 1. The molecule has 1 aromatic carbocycles. The summed E-state index contributed by atoms with van der Waals surface area (Å²) in [4.78, 5) is 22.3. The highest BCUT2D eigenvalue weighted by Crippen LogP contribution is 2.25. The Labute approximate surface area is 164 Å². The second-order valence-corrected chi connectivity index (χ2v) is 6.81. The molecule has 2 heterocycles. The molecule has 0 bridgehead atoms. The van der Waals surface area contributed by atoms with Crippen LogP contribution in [0.4, 0.5) is 22.2 Å². The number of benzene rings is 1. The Kier molecular flexibility index (Phi) is 6.34. The Hall–Kier alpha value is -2.54. The summed E-state index contributed by atoms with van der Waals surface area (Å²) in [6.45, 7) is 5.52. The van der Waals surface area contributed by atoms with Gasteiger partial charge in [0.05, 0.1) is 6.61 Å². The highest BCUT2D eigenvalue weighted by Gasteiger charge is 2.23. The molecule has 0 atom stereocenters. The van der Waals surface area contributed by atoms with E-state index in [1.807, 2.05) is 38.1 Å². The minimum absolute atomic E-state index is 0.235. The first kappa shape index (κ1) is 19.2. The highest BCUT2D eigenvalue weighted by molar-refractivity contribution is 6.31. The van der Waals surface area contributed by atoms with Crippen LogP contribution >= 0.6 is 11.6 Å². The SMILES string of the molecule is CCOC(=O)N1CCC(Nc2ccnc(Nc3cccc(Cl)c3C)n2)CC1. The van der Waals surface area contributed by atoms with Gasteiger partial charge in [0, 0.05) is 36.0 Å². The molecule has 1 saturated heterocycles. The number of carbonyl (C=O) groups excluding carboxylic acids is 1. The number of hydrogen-bond acceptors (Lipinski definition) is 6. The lowest BCUT2D eigenvalue weighted by atomic mass is 10.1. The van der Waals surface area contributed by atoms with Gasteiger partial charge in [0.15, 0.2) is 0 Å². The van der Waals surface area contributed by atoms with E-state index in [2.05, 4.69) is 20.6 Å². The maximum Gasteiger partial charge on any atom is 0.409 e. The van der Waals surface area contributed by atoms with Gasteiger partial charge in [0.25, 0.3) is 0 Å². The van der Waals surface area contributed by atoms with E-state index >= 15 is 0 Å². The fraction of sp³-hybridized carbons (Fsp3) is 0.421. The number of amides is 1. The number of ether oxygens (including phenoxy) is 1. The lowest BCUT2D eigenvalue weighted by molar-refractivity contribution is 0.0983. The Morgan fingerprint density at radius 3 is 2.85 bits per heavy atom. The maximum absolute atomic E-state index is 11.8. The molecular formula is C19H24ClN5O2. The van der Waals surface area contributed by atoms with Crippen LogP contribution in [-0.4, -0.2) is 46.7 Å². The quantitative estimate of drug-likeness (QED) is 0.797. The van der Waals surface area contributed by atoms with Crippen molar-refractivity contribution >= 4 is 35.1 Å². The van der Waals surface area contributed by atoms with Crippen LogP contribution in [0.3, 0.4) is 0 Å². The van der Waals surface area contributed by atoms with Gasteiger partial charge in [-0.05, 0) is 50.5 Å². The Morgan fingerprint density at radius 2 is 2.11 bits per heavy atom. The minimum Gasteiger partial charge on any atom is -0.450 e. The number of likely N-dealkylation sites (tertiary alicyclic amines) is 1. The Bertz CT molecular complexity index is 793. The molecule has 1 amide bonds. The van der Waals surface area contributed by atoms with Gasteiger partial charge < -0.3 is 20.3 Å².